The second kappa shape index (κ2) is 9.96. The minimum absolute atomic E-state index is 0.0916. The van der Waals surface area contributed by atoms with Crippen LogP contribution in [0.25, 0.3) is 0 Å². The van der Waals surface area contributed by atoms with Gasteiger partial charge in [-0.3, -0.25) is 10.8 Å². The average molecular weight is 443 g/mol. The number of morpholine rings is 1. The summed E-state index contributed by atoms with van der Waals surface area (Å²) in [5.74, 6) is 4.12. The van der Waals surface area contributed by atoms with E-state index in [4.69, 9.17) is 40.8 Å². The van der Waals surface area contributed by atoms with Crippen molar-refractivity contribution in [2.24, 2.45) is 5.73 Å². The highest BCUT2D eigenvalue weighted by Gasteiger charge is 2.41. The molecule has 3 rings (SSSR count). The van der Waals surface area contributed by atoms with Crippen molar-refractivity contribution in [3.05, 3.63) is 35.2 Å². The van der Waals surface area contributed by atoms with Gasteiger partial charge in [0.1, 0.15) is 5.60 Å². The smallest absolute Gasteiger partial charge is 0.293 e. The Hall–Kier alpha value is -3.18. The van der Waals surface area contributed by atoms with Crippen LogP contribution >= 0.6 is 0 Å². The molecular formula is C22H26FN5O4. The Morgan fingerprint density at radius 3 is 2.91 bits per heavy atom. The van der Waals surface area contributed by atoms with Gasteiger partial charge in [-0.1, -0.05) is 5.92 Å². The van der Waals surface area contributed by atoms with E-state index >= 15 is 0 Å². The zero-order valence-electron chi connectivity index (χ0n) is 18.0. The standard InChI is InChI=1S/C22H26FN5O4/c1-22(5-6-22)32-19-9-15(17(25)4-3-16(19)23)21(27)18(26)10-20(31-13-24)28-7-8-30-14(11-28)12-29-2/h9-10,14,17,26-27H,5-8,11-12,25H2,1-2H3/b20-10-,26-18?,27-21?. The molecule has 0 aromatic heterocycles. The third-order valence-electron chi connectivity index (χ3n) is 5.26. The van der Waals surface area contributed by atoms with Crippen LogP contribution in [0.3, 0.4) is 0 Å². The molecule has 32 heavy (non-hydrogen) atoms. The Morgan fingerprint density at radius 2 is 2.25 bits per heavy atom. The molecule has 3 aliphatic rings. The van der Waals surface area contributed by atoms with Crippen LogP contribution in [0.15, 0.2) is 35.2 Å². The Bertz CT molecular complexity index is 979. The lowest BCUT2D eigenvalue weighted by atomic mass is 9.99. The molecule has 2 unspecified atom stereocenters. The van der Waals surface area contributed by atoms with Gasteiger partial charge in [0.25, 0.3) is 6.26 Å². The summed E-state index contributed by atoms with van der Waals surface area (Å²) in [5, 5.41) is 25.9. The number of allylic oxidation sites excluding steroid dienone is 3. The number of methoxy groups -OCH3 is 1. The second-order valence-corrected chi connectivity index (χ2v) is 7.94. The highest BCUT2D eigenvalue weighted by molar-refractivity contribution is 6.50. The summed E-state index contributed by atoms with van der Waals surface area (Å²) in [6, 6.07) is -0.982. The van der Waals surface area contributed by atoms with Crippen molar-refractivity contribution >= 4 is 11.4 Å². The van der Waals surface area contributed by atoms with Crippen LogP contribution in [-0.4, -0.2) is 67.5 Å². The molecule has 0 aromatic rings. The number of hydrogen-bond donors (Lipinski definition) is 3. The molecule has 2 atom stereocenters. The number of nitrogens with two attached hydrogens (primary N) is 1. The minimum atomic E-state index is -0.982. The molecule has 1 aliphatic heterocycles. The lowest BCUT2D eigenvalue weighted by Gasteiger charge is -2.33. The van der Waals surface area contributed by atoms with Crippen molar-refractivity contribution in [2.75, 3.05) is 33.4 Å². The van der Waals surface area contributed by atoms with E-state index in [-0.39, 0.29) is 34.7 Å². The average Bonchev–Trinajstić information content (AvgIpc) is 3.52. The Balaban J connectivity index is 1.82. The first-order chi connectivity index (χ1) is 15.3. The van der Waals surface area contributed by atoms with Crippen LogP contribution in [0, 0.1) is 34.2 Å². The molecule has 0 bridgehead atoms. The van der Waals surface area contributed by atoms with E-state index in [0.717, 1.165) is 12.8 Å². The molecule has 4 N–H and O–H groups in total. The van der Waals surface area contributed by atoms with Crippen LogP contribution < -0.4 is 5.73 Å². The Kier molecular flexibility index (Phi) is 7.31. The predicted molar refractivity (Wildman–Crippen MR) is 114 cm³/mol. The van der Waals surface area contributed by atoms with E-state index in [1.165, 1.54) is 12.2 Å². The van der Waals surface area contributed by atoms with Crippen molar-refractivity contribution in [1.29, 1.82) is 16.1 Å². The summed E-state index contributed by atoms with van der Waals surface area (Å²) in [5.41, 5.74) is 5.17. The number of nitrogens with one attached hydrogen (secondary N) is 2. The molecule has 10 heteroatoms. The molecular weight excluding hydrogens is 417 g/mol. The van der Waals surface area contributed by atoms with Crippen LogP contribution in [0.2, 0.25) is 0 Å². The first-order valence-corrected chi connectivity index (χ1v) is 10.1. The van der Waals surface area contributed by atoms with Gasteiger partial charge in [-0.05, 0) is 31.8 Å². The first kappa shape index (κ1) is 23.5. The Morgan fingerprint density at radius 1 is 1.50 bits per heavy atom. The number of halogens is 1. The van der Waals surface area contributed by atoms with Crippen LogP contribution in [0.1, 0.15) is 19.8 Å². The summed E-state index contributed by atoms with van der Waals surface area (Å²) in [6.45, 7) is 3.44. The third kappa shape index (κ3) is 5.74. The topological polar surface area (TPSA) is 138 Å². The quantitative estimate of drug-likeness (QED) is 0.214. The maximum atomic E-state index is 14.4. The van der Waals surface area contributed by atoms with Crippen molar-refractivity contribution in [2.45, 2.75) is 37.5 Å². The maximum Gasteiger partial charge on any atom is 0.293 e. The predicted octanol–water partition coefficient (Wildman–Crippen LogP) is 1.73. The van der Waals surface area contributed by atoms with E-state index in [9.17, 15) is 4.39 Å². The minimum Gasteiger partial charge on any atom is -0.484 e. The molecule has 1 saturated heterocycles. The van der Waals surface area contributed by atoms with Gasteiger partial charge < -0.3 is 29.6 Å². The highest BCUT2D eigenvalue weighted by Crippen LogP contribution is 2.41. The SMILES string of the molecule is COCC1CN(/C(=C/C(=N)C(=N)C2=CC(OC3(C)CC3)=C(F)C#CC2N)OC#N)CCO1. The maximum absolute atomic E-state index is 14.4. The fourth-order valence-corrected chi connectivity index (χ4v) is 3.21. The van der Waals surface area contributed by atoms with Gasteiger partial charge in [0.2, 0.25) is 11.7 Å². The summed E-state index contributed by atoms with van der Waals surface area (Å²) in [6.07, 6.45) is 5.55. The van der Waals surface area contributed by atoms with Gasteiger partial charge in [0.05, 0.1) is 36.8 Å². The highest BCUT2D eigenvalue weighted by atomic mass is 19.1. The molecule has 170 valence electrons. The summed E-state index contributed by atoms with van der Waals surface area (Å²) in [4.78, 5) is 1.74. The molecule has 2 aliphatic carbocycles. The fraction of sp³-hybridized carbons (Fsp3) is 0.500. The van der Waals surface area contributed by atoms with E-state index in [2.05, 4.69) is 11.8 Å². The van der Waals surface area contributed by atoms with Crippen LogP contribution in [0.4, 0.5) is 4.39 Å². The second-order valence-electron chi connectivity index (χ2n) is 7.94. The molecule has 9 nitrogen and oxygen atoms in total. The van der Waals surface area contributed by atoms with Gasteiger partial charge in [-0.2, -0.15) is 4.39 Å². The van der Waals surface area contributed by atoms with Crippen molar-refractivity contribution in [3.63, 3.8) is 0 Å². The number of rotatable bonds is 9. The Labute approximate surface area is 186 Å². The number of ether oxygens (including phenoxy) is 4. The van der Waals surface area contributed by atoms with E-state index in [1.807, 2.05) is 6.92 Å². The molecule has 0 amide bonds. The number of nitrogens with zero attached hydrogens (tertiary/aromatic N) is 2. The van der Waals surface area contributed by atoms with Gasteiger partial charge >= 0.3 is 0 Å². The largest absolute Gasteiger partial charge is 0.484 e. The van der Waals surface area contributed by atoms with Gasteiger partial charge in [-0.15, -0.1) is 5.26 Å². The van der Waals surface area contributed by atoms with E-state index in [0.29, 0.717) is 26.3 Å². The molecule has 0 radical (unpaired) electrons. The van der Waals surface area contributed by atoms with E-state index in [1.54, 1.807) is 18.3 Å². The normalized spacial score (nSPS) is 24.4. The van der Waals surface area contributed by atoms with Crippen molar-refractivity contribution < 1.29 is 23.3 Å². The van der Waals surface area contributed by atoms with Crippen molar-refractivity contribution in [3.8, 4) is 18.1 Å². The lowest BCUT2D eigenvalue weighted by Crippen LogP contribution is -2.44. The fourth-order valence-electron chi connectivity index (χ4n) is 3.21. The molecule has 0 spiro atoms. The summed E-state index contributed by atoms with van der Waals surface area (Å²) in [7, 11) is 1.56. The zero-order valence-corrected chi connectivity index (χ0v) is 18.0. The zero-order chi connectivity index (χ0) is 23.3. The monoisotopic (exact) mass is 443 g/mol. The molecule has 0 aromatic carbocycles. The number of nitriles is 1. The molecule has 1 heterocycles. The van der Waals surface area contributed by atoms with Crippen LogP contribution in [-0.2, 0) is 18.9 Å². The van der Waals surface area contributed by atoms with Crippen molar-refractivity contribution in [1.82, 2.24) is 4.90 Å². The third-order valence-corrected chi connectivity index (χ3v) is 5.26. The lowest BCUT2D eigenvalue weighted by molar-refractivity contribution is -0.0619. The first-order valence-electron chi connectivity index (χ1n) is 10.1. The molecule has 1 saturated carbocycles. The van der Waals surface area contributed by atoms with Gasteiger partial charge in [0, 0.05) is 31.8 Å². The van der Waals surface area contributed by atoms with E-state index < -0.39 is 17.5 Å². The molecule has 2 fully saturated rings. The summed E-state index contributed by atoms with van der Waals surface area (Å²) < 4.78 is 35.9. The summed E-state index contributed by atoms with van der Waals surface area (Å²) >= 11 is 0. The van der Waals surface area contributed by atoms with Gasteiger partial charge in [0.15, 0.2) is 5.76 Å². The van der Waals surface area contributed by atoms with Crippen LogP contribution in [0.5, 0.6) is 0 Å². The van der Waals surface area contributed by atoms with Gasteiger partial charge in [-0.25, -0.2) is 0 Å². The number of hydrogen-bond acceptors (Lipinski definition) is 9.